The molecule has 2 unspecified atom stereocenters. The van der Waals surface area contributed by atoms with Crippen LogP contribution >= 0.6 is 0 Å². The van der Waals surface area contributed by atoms with E-state index in [1.165, 1.54) is 0 Å². The van der Waals surface area contributed by atoms with Crippen LogP contribution in [0.15, 0.2) is 18.2 Å². The van der Waals surface area contributed by atoms with Gasteiger partial charge >= 0.3 is 5.97 Å². The number of nitrogens with one attached hydrogen (secondary N) is 1. The molecule has 0 saturated carbocycles. The number of para-hydroxylation sites is 1. The summed E-state index contributed by atoms with van der Waals surface area (Å²) >= 11 is 0. The van der Waals surface area contributed by atoms with Gasteiger partial charge in [0.25, 0.3) is 0 Å². The van der Waals surface area contributed by atoms with E-state index in [1.807, 2.05) is 25.1 Å². The fourth-order valence-corrected chi connectivity index (χ4v) is 3.48. The van der Waals surface area contributed by atoms with Crippen LogP contribution in [0.4, 0.5) is 0 Å². The second kappa shape index (κ2) is 5.41. The van der Waals surface area contributed by atoms with Crippen molar-refractivity contribution in [2.75, 3.05) is 6.61 Å². The Morgan fingerprint density at radius 1 is 1.45 bits per heavy atom. The number of rotatable bonds is 4. The Balaban J connectivity index is 2.28. The molecule has 1 aliphatic heterocycles. The largest absolute Gasteiger partial charge is 0.481 e. The summed E-state index contributed by atoms with van der Waals surface area (Å²) in [5.74, 6) is -0.904. The quantitative estimate of drug-likeness (QED) is 0.811. The van der Waals surface area contributed by atoms with Crippen molar-refractivity contribution >= 4 is 16.9 Å². The van der Waals surface area contributed by atoms with E-state index in [1.54, 1.807) is 0 Å². The zero-order valence-corrected chi connectivity index (χ0v) is 12.8. The monoisotopic (exact) mass is 303 g/mol. The average molecular weight is 303 g/mol. The maximum absolute atomic E-state index is 11.3. The molecule has 0 amide bonds. The molecule has 0 spiro atoms. The second-order valence-electron chi connectivity index (χ2n) is 5.85. The summed E-state index contributed by atoms with van der Waals surface area (Å²) < 4.78 is 5.81. The summed E-state index contributed by atoms with van der Waals surface area (Å²) in [6.45, 7) is 4.11. The van der Waals surface area contributed by atoms with Gasteiger partial charge in [0, 0.05) is 16.5 Å². The summed E-state index contributed by atoms with van der Waals surface area (Å²) in [7, 11) is 0. The number of aliphatic carboxylic acids is 1. The number of carboxylic acids is 1. The van der Waals surface area contributed by atoms with E-state index in [4.69, 9.17) is 4.74 Å². The normalized spacial score (nSPS) is 24.4. The van der Waals surface area contributed by atoms with Gasteiger partial charge in [-0.2, -0.15) is 0 Å². The summed E-state index contributed by atoms with van der Waals surface area (Å²) in [6, 6.07) is 5.99. The number of aromatic nitrogens is 1. The Labute approximate surface area is 128 Å². The first-order valence-electron chi connectivity index (χ1n) is 7.70. The number of aliphatic hydroxyl groups excluding tert-OH is 1. The third-order valence-corrected chi connectivity index (χ3v) is 4.66. The highest BCUT2D eigenvalue weighted by Gasteiger charge is 2.43. The van der Waals surface area contributed by atoms with Crippen molar-refractivity contribution in [2.45, 2.75) is 44.8 Å². The van der Waals surface area contributed by atoms with Crippen LogP contribution in [0.2, 0.25) is 0 Å². The van der Waals surface area contributed by atoms with Crippen molar-refractivity contribution in [2.24, 2.45) is 0 Å². The molecule has 0 saturated heterocycles. The van der Waals surface area contributed by atoms with Gasteiger partial charge in [0.1, 0.15) is 11.7 Å². The minimum Gasteiger partial charge on any atom is -0.481 e. The molecule has 2 aromatic rings. The number of aryl methyl sites for hydroxylation is 1. The van der Waals surface area contributed by atoms with E-state index in [2.05, 4.69) is 11.9 Å². The Kier molecular flexibility index (Phi) is 3.70. The summed E-state index contributed by atoms with van der Waals surface area (Å²) in [6.07, 6.45) is 0.556. The predicted molar refractivity (Wildman–Crippen MR) is 82.8 cm³/mol. The number of carbonyl (C=O) groups is 1. The molecule has 1 aromatic carbocycles. The third kappa shape index (κ3) is 2.12. The molecular weight excluding hydrogens is 282 g/mol. The molecule has 0 aliphatic carbocycles. The maximum Gasteiger partial charge on any atom is 0.306 e. The highest BCUT2D eigenvalue weighted by atomic mass is 16.5. The fraction of sp³-hybridized carbons (Fsp3) is 0.471. The molecule has 0 fully saturated rings. The van der Waals surface area contributed by atoms with Crippen LogP contribution in [0.3, 0.4) is 0 Å². The molecule has 118 valence electrons. The van der Waals surface area contributed by atoms with Crippen molar-refractivity contribution in [1.29, 1.82) is 0 Å². The molecule has 3 rings (SSSR count). The van der Waals surface area contributed by atoms with Gasteiger partial charge in [-0.25, -0.2) is 0 Å². The second-order valence-corrected chi connectivity index (χ2v) is 5.85. The lowest BCUT2D eigenvalue weighted by atomic mass is 9.85. The van der Waals surface area contributed by atoms with Crippen molar-refractivity contribution in [3.63, 3.8) is 0 Å². The van der Waals surface area contributed by atoms with Gasteiger partial charge in [0.15, 0.2) is 0 Å². The molecule has 0 radical (unpaired) electrons. The first-order chi connectivity index (χ1) is 10.5. The van der Waals surface area contributed by atoms with Crippen molar-refractivity contribution in [3.8, 4) is 0 Å². The third-order valence-electron chi connectivity index (χ3n) is 4.66. The van der Waals surface area contributed by atoms with Crippen LogP contribution in [0.25, 0.3) is 10.9 Å². The highest BCUT2D eigenvalue weighted by molar-refractivity contribution is 5.88. The molecule has 22 heavy (non-hydrogen) atoms. The molecule has 2 atom stereocenters. The van der Waals surface area contributed by atoms with E-state index in [-0.39, 0.29) is 13.0 Å². The standard InChI is InChI=1S/C17H21NO4/c1-3-10-6-5-7-11-14-12(19)9-22-17(4-2,8-13(20)21)16(14)18-15(10)11/h5-7,12,18-19H,3-4,8-9H2,1-2H3,(H,20,21). The van der Waals surface area contributed by atoms with Crippen molar-refractivity contribution in [3.05, 3.63) is 35.0 Å². The molecule has 0 bridgehead atoms. The molecule has 5 nitrogen and oxygen atoms in total. The smallest absolute Gasteiger partial charge is 0.306 e. The fourth-order valence-electron chi connectivity index (χ4n) is 3.48. The summed E-state index contributed by atoms with van der Waals surface area (Å²) in [5, 5.41) is 20.6. The van der Waals surface area contributed by atoms with Gasteiger partial charge in [-0.1, -0.05) is 32.0 Å². The number of ether oxygens (including phenoxy) is 1. The van der Waals surface area contributed by atoms with Crippen LogP contribution in [0, 0.1) is 0 Å². The first kappa shape index (κ1) is 15.1. The van der Waals surface area contributed by atoms with Gasteiger partial charge in [-0.05, 0) is 18.4 Å². The van der Waals surface area contributed by atoms with Crippen LogP contribution in [0.5, 0.6) is 0 Å². The Morgan fingerprint density at radius 3 is 2.86 bits per heavy atom. The van der Waals surface area contributed by atoms with E-state index in [9.17, 15) is 15.0 Å². The minimum atomic E-state index is -0.904. The topological polar surface area (TPSA) is 82.6 Å². The number of fused-ring (bicyclic) bond motifs is 3. The highest BCUT2D eigenvalue weighted by Crippen LogP contribution is 2.45. The van der Waals surface area contributed by atoms with Crippen LogP contribution in [0.1, 0.15) is 49.6 Å². The lowest BCUT2D eigenvalue weighted by molar-refractivity contribution is -0.154. The number of hydrogen-bond donors (Lipinski definition) is 3. The molecule has 5 heteroatoms. The van der Waals surface area contributed by atoms with Gasteiger partial charge in [-0.15, -0.1) is 0 Å². The van der Waals surface area contributed by atoms with E-state index in [0.29, 0.717) is 12.1 Å². The van der Waals surface area contributed by atoms with Crippen LogP contribution < -0.4 is 0 Å². The first-order valence-corrected chi connectivity index (χ1v) is 7.70. The van der Waals surface area contributed by atoms with Gasteiger partial charge in [-0.3, -0.25) is 4.79 Å². The van der Waals surface area contributed by atoms with Gasteiger partial charge in [0.05, 0.1) is 18.7 Å². The molecule has 1 aromatic heterocycles. The lowest BCUT2D eigenvalue weighted by Gasteiger charge is -2.37. The van der Waals surface area contributed by atoms with E-state index in [0.717, 1.165) is 28.5 Å². The van der Waals surface area contributed by atoms with E-state index >= 15 is 0 Å². The Bertz CT molecular complexity index is 721. The zero-order valence-electron chi connectivity index (χ0n) is 12.8. The molecular formula is C17H21NO4. The Morgan fingerprint density at radius 2 is 2.23 bits per heavy atom. The molecule has 3 N–H and O–H groups in total. The average Bonchev–Trinajstić information content (AvgIpc) is 2.90. The number of carboxylic acid groups (broad SMARTS) is 1. The Hall–Kier alpha value is -1.85. The zero-order chi connectivity index (χ0) is 15.9. The number of H-pyrrole nitrogens is 1. The van der Waals surface area contributed by atoms with Gasteiger partial charge < -0.3 is 19.9 Å². The van der Waals surface area contributed by atoms with Gasteiger partial charge in [0.2, 0.25) is 0 Å². The van der Waals surface area contributed by atoms with Crippen LogP contribution in [-0.4, -0.2) is 27.8 Å². The van der Waals surface area contributed by atoms with E-state index < -0.39 is 17.7 Å². The molecule has 1 aliphatic rings. The number of benzene rings is 1. The van der Waals surface area contributed by atoms with Crippen molar-refractivity contribution in [1.82, 2.24) is 4.98 Å². The number of aromatic amines is 1. The SMILES string of the molecule is CCc1cccc2c3c([nH]c12)C(CC)(CC(=O)O)OCC3O. The minimum absolute atomic E-state index is 0.114. The number of hydrogen-bond acceptors (Lipinski definition) is 3. The van der Waals surface area contributed by atoms with Crippen molar-refractivity contribution < 1.29 is 19.7 Å². The predicted octanol–water partition coefficient (Wildman–Crippen LogP) is 2.87. The number of aliphatic hydroxyl groups is 1. The summed E-state index contributed by atoms with van der Waals surface area (Å²) in [4.78, 5) is 14.7. The molecule has 2 heterocycles. The lowest BCUT2D eigenvalue weighted by Crippen LogP contribution is -2.38. The summed E-state index contributed by atoms with van der Waals surface area (Å²) in [5.41, 5.74) is 2.73. The maximum atomic E-state index is 11.3. The van der Waals surface area contributed by atoms with Crippen LogP contribution in [-0.2, 0) is 21.6 Å².